The largest absolute Gasteiger partial charge is 0.352 e. The van der Waals surface area contributed by atoms with Crippen molar-refractivity contribution in [1.29, 1.82) is 0 Å². The van der Waals surface area contributed by atoms with Gasteiger partial charge in [-0.05, 0) is 31.2 Å². The third-order valence-corrected chi connectivity index (χ3v) is 3.91. The zero-order valence-electron chi connectivity index (χ0n) is 13.3. The molecule has 0 radical (unpaired) electrons. The fourth-order valence-electron chi connectivity index (χ4n) is 2.85. The van der Waals surface area contributed by atoms with Gasteiger partial charge in [-0.2, -0.15) is 0 Å². The number of nitrogens with zero attached hydrogens (tertiary/aromatic N) is 3. The number of hydrogen-bond donors (Lipinski definition) is 1. The molecule has 1 fully saturated rings. The van der Waals surface area contributed by atoms with Crippen LogP contribution in [0.3, 0.4) is 0 Å². The summed E-state index contributed by atoms with van der Waals surface area (Å²) >= 11 is 0. The van der Waals surface area contributed by atoms with E-state index in [4.69, 9.17) is 0 Å². The first-order valence-electron chi connectivity index (χ1n) is 7.86. The number of hydrogen-bond acceptors (Lipinski definition) is 4. The molecule has 0 aliphatic carbocycles. The van der Waals surface area contributed by atoms with Crippen molar-refractivity contribution in [3.63, 3.8) is 0 Å². The van der Waals surface area contributed by atoms with Gasteiger partial charge in [0.1, 0.15) is 5.82 Å². The molecule has 1 aliphatic rings. The van der Waals surface area contributed by atoms with E-state index in [1.54, 1.807) is 0 Å². The molecular formula is C16H28N4. The van der Waals surface area contributed by atoms with Crippen LogP contribution < -0.4 is 10.2 Å². The highest BCUT2D eigenvalue weighted by atomic mass is 15.2. The second-order valence-corrected chi connectivity index (χ2v) is 6.54. The van der Waals surface area contributed by atoms with E-state index in [9.17, 15) is 0 Å². The van der Waals surface area contributed by atoms with Crippen molar-refractivity contribution in [1.82, 2.24) is 15.3 Å². The second-order valence-electron chi connectivity index (χ2n) is 6.54. The average Bonchev–Trinajstić information content (AvgIpc) is 2.88. The van der Waals surface area contributed by atoms with Gasteiger partial charge in [-0.3, -0.25) is 4.98 Å². The third kappa shape index (κ3) is 3.92. The van der Waals surface area contributed by atoms with Crippen LogP contribution in [-0.4, -0.2) is 29.1 Å². The standard InChI is InChI=1S/C16H28N4/c1-12(2)8-17-9-14-10-19-16(11-18-14)20-7-5-6-15(20)13(3)4/h10-13,15,17H,5-9H2,1-4H3. The molecule has 0 bridgehead atoms. The lowest BCUT2D eigenvalue weighted by Gasteiger charge is -2.28. The molecule has 112 valence electrons. The quantitative estimate of drug-likeness (QED) is 0.867. The summed E-state index contributed by atoms with van der Waals surface area (Å²) in [5.74, 6) is 2.37. The van der Waals surface area contributed by atoms with Gasteiger partial charge >= 0.3 is 0 Å². The number of aromatic nitrogens is 2. The minimum Gasteiger partial charge on any atom is -0.352 e. The summed E-state index contributed by atoms with van der Waals surface area (Å²) in [6, 6.07) is 0.620. The Morgan fingerprint density at radius 2 is 2.05 bits per heavy atom. The smallest absolute Gasteiger partial charge is 0.147 e. The van der Waals surface area contributed by atoms with Gasteiger partial charge in [0.2, 0.25) is 0 Å². The molecule has 1 aliphatic heterocycles. The maximum atomic E-state index is 4.61. The second kappa shape index (κ2) is 7.02. The average molecular weight is 276 g/mol. The van der Waals surface area contributed by atoms with Gasteiger partial charge in [-0.25, -0.2) is 4.98 Å². The fourth-order valence-corrected chi connectivity index (χ4v) is 2.85. The number of nitrogens with one attached hydrogen (secondary N) is 1. The zero-order chi connectivity index (χ0) is 14.5. The Labute approximate surface area is 123 Å². The lowest BCUT2D eigenvalue weighted by Crippen LogP contribution is -2.34. The molecule has 1 atom stereocenters. The van der Waals surface area contributed by atoms with E-state index in [0.717, 1.165) is 31.1 Å². The Bertz CT molecular complexity index is 399. The summed E-state index contributed by atoms with van der Waals surface area (Å²) in [7, 11) is 0. The Kier molecular flexibility index (Phi) is 5.35. The Balaban J connectivity index is 1.94. The normalized spacial score (nSPS) is 19.3. The Morgan fingerprint density at radius 1 is 1.25 bits per heavy atom. The van der Waals surface area contributed by atoms with Crippen molar-refractivity contribution in [2.45, 2.75) is 53.1 Å². The van der Waals surface area contributed by atoms with Crippen molar-refractivity contribution in [3.8, 4) is 0 Å². The van der Waals surface area contributed by atoms with Crippen LogP contribution in [0.5, 0.6) is 0 Å². The van der Waals surface area contributed by atoms with Crippen LogP contribution in [0, 0.1) is 11.8 Å². The summed E-state index contributed by atoms with van der Waals surface area (Å²) < 4.78 is 0. The highest BCUT2D eigenvalue weighted by Gasteiger charge is 2.28. The first-order chi connectivity index (χ1) is 9.58. The van der Waals surface area contributed by atoms with E-state index in [-0.39, 0.29) is 0 Å². The Morgan fingerprint density at radius 3 is 2.65 bits per heavy atom. The van der Waals surface area contributed by atoms with E-state index in [1.807, 2.05) is 12.4 Å². The van der Waals surface area contributed by atoms with Crippen molar-refractivity contribution < 1.29 is 0 Å². The summed E-state index contributed by atoms with van der Waals surface area (Å²) in [5.41, 5.74) is 1.02. The van der Waals surface area contributed by atoms with Crippen LogP contribution in [0.1, 0.15) is 46.2 Å². The van der Waals surface area contributed by atoms with Crippen LogP contribution >= 0.6 is 0 Å². The SMILES string of the molecule is CC(C)CNCc1cnc(N2CCCC2C(C)C)cn1. The highest BCUT2D eigenvalue weighted by molar-refractivity contribution is 5.39. The molecule has 4 nitrogen and oxygen atoms in total. The van der Waals surface area contributed by atoms with Gasteiger partial charge in [0.25, 0.3) is 0 Å². The molecule has 0 amide bonds. The Hall–Kier alpha value is -1.16. The summed E-state index contributed by atoms with van der Waals surface area (Å²) in [6.45, 7) is 11.9. The molecule has 0 saturated carbocycles. The van der Waals surface area contributed by atoms with Crippen LogP contribution in [-0.2, 0) is 6.54 Å². The topological polar surface area (TPSA) is 41.1 Å². The number of anilines is 1. The monoisotopic (exact) mass is 276 g/mol. The van der Waals surface area contributed by atoms with Gasteiger partial charge in [0, 0.05) is 19.1 Å². The molecular weight excluding hydrogens is 248 g/mol. The molecule has 0 spiro atoms. The van der Waals surface area contributed by atoms with Crippen molar-refractivity contribution in [2.24, 2.45) is 11.8 Å². The lowest BCUT2D eigenvalue weighted by atomic mass is 10.0. The van der Waals surface area contributed by atoms with Gasteiger partial charge in [-0.1, -0.05) is 27.7 Å². The molecule has 1 aromatic rings. The molecule has 1 aromatic heterocycles. The van der Waals surface area contributed by atoms with Crippen LogP contribution in [0.15, 0.2) is 12.4 Å². The maximum Gasteiger partial charge on any atom is 0.147 e. The maximum absolute atomic E-state index is 4.61. The van der Waals surface area contributed by atoms with Crippen molar-refractivity contribution in [2.75, 3.05) is 18.0 Å². The number of rotatable bonds is 6. The van der Waals surface area contributed by atoms with E-state index in [1.165, 1.54) is 12.8 Å². The predicted molar refractivity (Wildman–Crippen MR) is 83.8 cm³/mol. The molecule has 1 saturated heterocycles. The first kappa shape index (κ1) is 15.2. The van der Waals surface area contributed by atoms with Gasteiger partial charge in [0.15, 0.2) is 0 Å². The molecule has 1 N–H and O–H groups in total. The van der Waals surface area contributed by atoms with Crippen LogP contribution in [0.4, 0.5) is 5.82 Å². The molecule has 4 heteroatoms. The zero-order valence-corrected chi connectivity index (χ0v) is 13.3. The molecule has 2 heterocycles. The fraction of sp³-hybridized carbons (Fsp3) is 0.750. The molecule has 2 rings (SSSR count). The minimum absolute atomic E-state index is 0.620. The van der Waals surface area contributed by atoms with E-state index < -0.39 is 0 Å². The summed E-state index contributed by atoms with van der Waals surface area (Å²) in [4.78, 5) is 11.6. The van der Waals surface area contributed by atoms with Crippen LogP contribution in [0.25, 0.3) is 0 Å². The van der Waals surface area contributed by atoms with Crippen molar-refractivity contribution in [3.05, 3.63) is 18.1 Å². The van der Waals surface area contributed by atoms with Crippen LogP contribution in [0.2, 0.25) is 0 Å². The molecule has 0 aromatic carbocycles. The van der Waals surface area contributed by atoms with Gasteiger partial charge in [0.05, 0.1) is 18.1 Å². The predicted octanol–water partition coefficient (Wildman–Crippen LogP) is 2.85. The van der Waals surface area contributed by atoms with Gasteiger partial charge in [-0.15, -0.1) is 0 Å². The lowest BCUT2D eigenvalue weighted by molar-refractivity contribution is 0.489. The summed E-state index contributed by atoms with van der Waals surface area (Å²) in [6.07, 6.45) is 6.39. The van der Waals surface area contributed by atoms with E-state index in [2.05, 4.69) is 47.9 Å². The van der Waals surface area contributed by atoms with E-state index in [0.29, 0.717) is 17.9 Å². The minimum atomic E-state index is 0.620. The summed E-state index contributed by atoms with van der Waals surface area (Å²) in [5, 5.41) is 3.40. The molecule has 20 heavy (non-hydrogen) atoms. The van der Waals surface area contributed by atoms with E-state index >= 15 is 0 Å². The first-order valence-corrected chi connectivity index (χ1v) is 7.86. The highest BCUT2D eigenvalue weighted by Crippen LogP contribution is 2.27. The third-order valence-electron chi connectivity index (χ3n) is 3.91. The van der Waals surface area contributed by atoms with Gasteiger partial charge < -0.3 is 10.2 Å². The molecule has 1 unspecified atom stereocenters. The van der Waals surface area contributed by atoms with Crippen molar-refractivity contribution >= 4 is 5.82 Å².